The van der Waals surface area contributed by atoms with Gasteiger partial charge in [0.05, 0.1) is 33.5 Å². The van der Waals surface area contributed by atoms with Crippen LogP contribution in [0.3, 0.4) is 0 Å². The van der Waals surface area contributed by atoms with Gasteiger partial charge in [0.25, 0.3) is 0 Å². The Morgan fingerprint density at radius 2 is 1.77 bits per heavy atom. The molecule has 2 aromatic carbocycles. The molecule has 22 heavy (non-hydrogen) atoms. The molecule has 0 radical (unpaired) electrons. The molecule has 0 amide bonds. The lowest BCUT2D eigenvalue weighted by Gasteiger charge is -2.10. The van der Waals surface area contributed by atoms with Crippen LogP contribution in [0.4, 0.5) is 0 Å². The zero-order valence-corrected chi connectivity index (χ0v) is 12.8. The molecule has 7 heteroatoms. The number of nitrogens with zero attached hydrogens (tertiary/aromatic N) is 5. The van der Waals surface area contributed by atoms with Crippen molar-refractivity contribution in [1.29, 1.82) is 0 Å². The van der Waals surface area contributed by atoms with Gasteiger partial charge < -0.3 is 0 Å². The smallest absolute Gasteiger partial charge is 0.108 e. The molecular weight excluding hydrogens is 321 g/mol. The number of halogens is 2. The van der Waals surface area contributed by atoms with E-state index in [1.54, 1.807) is 18.2 Å². The van der Waals surface area contributed by atoms with Crippen molar-refractivity contribution in [2.75, 3.05) is 0 Å². The van der Waals surface area contributed by atoms with Crippen molar-refractivity contribution < 1.29 is 0 Å². The van der Waals surface area contributed by atoms with Crippen molar-refractivity contribution in [2.45, 2.75) is 6.54 Å². The predicted molar refractivity (Wildman–Crippen MR) is 87.8 cm³/mol. The topological polar surface area (TPSA) is 74.5 Å². The summed E-state index contributed by atoms with van der Waals surface area (Å²) in [6, 6.07) is 12.7. The highest BCUT2D eigenvalue weighted by Crippen LogP contribution is 2.31. The van der Waals surface area contributed by atoms with E-state index in [4.69, 9.17) is 28.7 Å². The highest BCUT2D eigenvalue weighted by molar-refractivity contribution is 6.35. The summed E-state index contributed by atoms with van der Waals surface area (Å²) < 4.78 is 0. The molecule has 0 aliphatic carbocycles. The van der Waals surface area contributed by atoms with Gasteiger partial charge in [0.15, 0.2) is 0 Å². The Kier molecular flexibility index (Phi) is 4.11. The SMILES string of the molecule is [N-]=[N+]=NCc1nc2cccc(Cl)c2nc1-c1ccccc1Cl. The van der Waals surface area contributed by atoms with Crippen LogP contribution in [0, 0.1) is 0 Å². The van der Waals surface area contributed by atoms with E-state index in [-0.39, 0.29) is 6.54 Å². The molecule has 3 rings (SSSR count). The van der Waals surface area contributed by atoms with Crippen LogP contribution in [0.2, 0.25) is 10.0 Å². The first-order chi connectivity index (χ1) is 10.7. The summed E-state index contributed by atoms with van der Waals surface area (Å²) in [4.78, 5) is 11.9. The first-order valence-electron chi connectivity index (χ1n) is 6.41. The molecular formula is C15H9Cl2N5. The van der Waals surface area contributed by atoms with Crippen LogP contribution in [0.15, 0.2) is 47.6 Å². The summed E-state index contributed by atoms with van der Waals surface area (Å²) in [5.41, 5.74) is 11.6. The van der Waals surface area contributed by atoms with E-state index in [1.807, 2.05) is 24.3 Å². The lowest BCUT2D eigenvalue weighted by Crippen LogP contribution is -1.99. The summed E-state index contributed by atoms with van der Waals surface area (Å²) >= 11 is 12.4. The van der Waals surface area contributed by atoms with Crippen LogP contribution >= 0.6 is 23.2 Å². The standard InChI is InChI=1S/C15H9Cl2N5/c16-10-5-2-1-4-9(10)14-13(8-19-22-18)20-12-7-3-6-11(17)15(12)21-14/h1-7H,8H2. The van der Waals surface area contributed by atoms with Crippen LogP contribution in [0.1, 0.15) is 5.69 Å². The molecule has 0 aliphatic heterocycles. The average Bonchev–Trinajstić information content (AvgIpc) is 2.53. The number of benzene rings is 2. The molecule has 0 unspecified atom stereocenters. The van der Waals surface area contributed by atoms with Gasteiger partial charge in [0.1, 0.15) is 5.52 Å². The summed E-state index contributed by atoms with van der Waals surface area (Å²) in [6.07, 6.45) is 0. The van der Waals surface area contributed by atoms with E-state index in [2.05, 4.69) is 20.0 Å². The summed E-state index contributed by atoms with van der Waals surface area (Å²) in [5.74, 6) is 0. The normalized spacial score (nSPS) is 10.5. The van der Waals surface area contributed by atoms with Gasteiger partial charge in [-0.2, -0.15) is 0 Å². The summed E-state index contributed by atoms with van der Waals surface area (Å²) in [5, 5.41) is 4.64. The van der Waals surface area contributed by atoms with Crippen LogP contribution in [-0.2, 0) is 6.54 Å². The number of azide groups is 1. The third-order valence-corrected chi connectivity index (χ3v) is 3.77. The molecule has 108 valence electrons. The number of aromatic nitrogens is 2. The second kappa shape index (κ2) is 6.20. The predicted octanol–water partition coefficient (Wildman–Crippen LogP) is 5.41. The molecule has 1 heterocycles. The molecule has 0 aliphatic rings. The Morgan fingerprint density at radius 1 is 1.00 bits per heavy atom. The minimum Gasteiger partial charge on any atom is -0.249 e. The Hall–Kier alpha value is -2.33. The van der Waals surface area contributed by atoms with Gasteiger partial charge in [0, 0.05) is 10.5 Å². The lowest BCUT2D eigenvalue weighted by molar-refractivity contribution is 0.978. The highest BCUT2D eigenvalue weighted by atomic mass is 35.5. The van der Waals surface area contributed by atoms with Crippen molar-refractivity contribution in [2.24, 2.45) is 5.11 Å². The van der Waals surface area contributed by atoms with Crippen molar-refractivity contribution in [1.82, 2.24) is 9.97 Å². The van der Waals surface area contributed by atoms with Gasteiger partial charge >= 0.3 is 0 Å². The Bertz CT molecular complexity index is 904. The van der Waals surface area contributed by atoms with Crippen LogP contribution < -0.4 is 0 Å². The molecule has 0 fully saturated rings. The van der Waals surface area contributed by atoms with E-state index in [1.165, 1.54) is 0 Å². The quantitative estimate of drug-likeness (QED) is 0.365. The fraction of sp³-hybridized carbons (Fsp3) is 0.0667. The fourth-order valence-electron chi connectivity index (χ4n) is 2.16. The Balaban J connectivity index is 2.32. The third kappa shape index (κ3) is 2.70. The molecule has 3 aromatic rings. The van der Waals surface area contributed by atoms with E-state index < -0.39 is 0 Å². The first-order valence-corrected chi connectivity index (χ1v) is 7.17. The zero-order valence-electron chi connectivity index (χ0n) is 11.2. The zero-order chi connectivity index (χ0) is 15.5. The van der Waals surface area contributed by atoms with E-state index in [0.29, 0.717) is 32.5 Å². The minimum atomic E-state index is 0.0898. The van der Waals surface area contributed by atoms with E-state index in [0.717, 1.165) is 5.56 Å². The van der Waals surface area contributed by atoms with Gasteiger partial charge in [-0.15, -0.1) is 0 Å². The second-order valence-corrected chi connectivity index (χ2v) is 5.31. The number of hydrogen-bond donors (Lipinski definition) is 0. The molecule has 0 spiro atoms. The molecule has 1 aromatic heterocycles. The highest BCUT2D eigenvalue weighted by Gasteiger charge is 2.14. The second-order valence-electron chi connectivity index (χ2n) is 4.50. The minimum absolute atomic E-state index is 0.0898. The fourth-order valence-corrected chi connectivity index (χ4v) is 2.59. The van der Waals surface area contributed by atoms with E-state index >= 15 is 0 Å². The van der Waals surface area contributed by atoms with Crippen LogP contribution in [-0.4, -0.2) is 9.97 Å². The maximum Gasteiger partial charge on any atom is 0.108 e. The van der Waals surface area contributed by atoms with E-state index in [9.17, 15) is 0 Å². The number of para-hydroxylation sites is 1. The van der Waals surface area contributed by atoms with Crippen molar-refractivity contribution in [3.63, 3.8) is 0 Å². The van der Waals surface area contributed by atoms with Gasteiger partial charge in [0.2, 0.25) is 0 Å². The van der Waals surface area contributed by atoms with Crippen molar-refractivity contribution in [3.8, 4) is 11.3 Å². The van der Waals surface area contributed by atoms with Crippen molar-refractivity contribution in [3.05, 3.63) is 68.6 Å². The molecule has 0 N–H and O–H groups in total. The number of fused-ring (bicyclic) bond motifs is 1. The number of hydrogen-bond acceptors (Lipinski definition) is 3. The van der Waals surface area contributed by atoms with Crippen LogP contribution in [0.5, 0.6) is 0 Å². The van der Waals surface area contributed by atoms with Gasteiger partial charge in [-0.25, -0.2) is 9.97 Å². The van der Waals surface area contributed by atoms with Crippen molar-refractivity contribution >= 4 is 34.2 Å². The molecule has 0 atom stereocenters. The first kappa shape index (κ1) is 14.6. The molecule has 0 saturated carbocycles. The molecule has 0 bridgehead atoms. The van der Waals surface area contributed by atoms with Gasteiger partial charge in [-0.05, 0) is 23.7 Å². The van der Waals surface area contributed by atoms with Crippen LogP contribution in [0.25, 0.3) is 32.7 Å². The van der Waals surface area contributed by atoms with Gasteiger partial charge in [-0.1, -0.05) is 52.6 Å². The number of rotatable bonds is 3. The average molecular weight is 330 g/mol. The maximum absolute atomic E-state index is 8.56. The largest absolute Gasteiger partial charge is 0.249 e. The maximum atomic E-state index is 8.56. The molecule has 0 saturated heterocycles. The lowest BCUT2D eigenvalue weighted by atomic mass is 10.1. The summed E-state index contributed by atoms with van der Waals surface area (Å²) in [7, 11) is 0. The molecule has 5 nitrogen and oxygen atoms in total. The third-order valence-electron chi connectivity index (χ3n) is 3.13. The summed E-state index contributed by atoms with van der Waals surface area (Å²) in [6.45, 7) is 0.0898. The monoisotopic (exact) mass is 329 g/mol. The Labute approximate surface area is 136 Å². The Morgan fingerprint density at radius 3 is 2.55 bits per heavy atom. The van der Waals surface area contributed by atoms with Gasteiger partial charge in [-0.3, -0.25) is 0 Å².